The van der Waals surface area contributed by atoms with E-state index in [4.69, 9.17) is 0 Å². The van der Waals surface area contributed by atoms with E-state index < -0.39 is 27.7 Å². The number of nitro benzene ring substituents is 1. The molecule has 0 bridgehead atoms. The average Bonchev–Trinajstić information content (AvgIpc) is 2.35. The first-order valence-electron chi connectivity index (χ1n) is 5.60. The van der Waals surface area contributed by atoms with E-state index in [1.165, 1.54) is 24.3 Å². The Morgan fingerprint density at radius 1 is 1.21 bits per heavy atom. The van der Waals surface area contributed by atoms with Gasteiger partial charge >= 0.3 is 0 Å². The largest absolute Gasteiger partial charge is 0.303 e. The second kappa shape index (κ2) is 5.55. The van der Waals surface area contributed by atoms with Crippen LogP contribution in [-0.4, -0.2) is 22.7 Å². The van der Waals surface area contributed by atoms with E-state index in [9.17, 15) is 25.0 Å². The predicted molar refractivity (Wildman–Crippen MR) is 67.5 cm³/mol. The van der Waals surface area contributed by atoms with E-state index >= 15 is 0 Å². The van der Waals surface area contributed by atoms with Gasteiger partial charge in [-0.15, -0.1) is 0 Å². The van der Waals surface area contributed by atoms with Crippen LogP contribution in [0.1, 0.15) is 25.3 Å². The Morgan fingerprint density at radius 2 is 1.74 bits per heavy atom. The molecule has 0 unspecified atom stereocenters. The van der Waals surface area contributed by atoms with Gasteiger partial charge in [0.2, 0.25) is 6.54 Å². The summed E-state index contributed by atoms with van der Waals surface area (Å²) in [5.74, 6) is -0.624. The molecule has 0 amide bonds. The number of nitro groups is 2. The first-order chi connectivity index (χ1) is 8.77. The Bertz CT molecular complexity index is 495. The molecule has 0 N–H and O–H groups in total. The van der Waals surface area contributed by atoms with Gasteiger partial charge in [-0.05, 0) is 5.56 Å². The molecule has 7 heteroatoms. The van der Waals surface area contributed by atoms with Gasteiger partial charge in [-0.3, -0.25) is 20.2 Å². The van der Waals surface area contributed by atoms with E-state index in [0.29, 0.717) is 11.8 Å². The van der Waals surface area contributed by atoms with E-state index in [-0.39, 0.29) is 5.69 Å². The number of non-ortho nitro benzene ring substituents is 1. The quantitative estimate of drug-likeness (QED) is 0.446. The standard InChI is InChI=1S/C12H14N2O5/c1-12(2,8-15)11(7-13(16)17)9-3-5-10(6-4-9)14(18)19/h3-6,8,11H,7H2,1-2H3/t11-/m0/s1. The molecule has 1 aromatic carbocycles. The number of nitrogens with zero attached hydrogens (tertiary/aromatic N) is 2. The molecule has 0 aliphatic heterocycles. The minimum atomic E-state index is -0.913. The molecule has 1 rings (SSSR count). The van der Waals surface area contributed by atoms with Crippen LogP contribution in [0.4, 0.5) is 5.69 Å². The molecule has 102 valence electrons. The number of carbonyl (C=O) groups is 1. The van der Waals surface area contributed by atoms with Crippen molar-refractivity contribution < 1.29 is 14.6 Å². The third-order valence-corrected chi connectivity index (χ3v) is 3.04. The summed E-state index contributed by atoms with van der Waals surface area (Å²) >= 11 is 0. The molecule has 19 heavy (non-hydrogen) atoms. The average molecular weight is 266 g/mol. The summed E-state index contributed by atoms with van der Waals surface area (Å²) in [5.41, 5.74) is -0.463. The molecule has 1 atom stereocenters. The minimum absolute atomic E-state index is 0.0903. The highest BCUT2D eigenvalue weighted by Gasteiger charge is 2.34. The molecule has 0 heterocycles. The Morgan fingerprint density at radius 3 is 2.11 bits per heavy atom. The Labute approximate surface area is 109 Å². The lowest BCUT2D eigenvalue weighted by Gasteiger charge is -2.26. The number of aldehydes is 1. The fourth-order valence-electron chi connectivity index (χ4n) is 1.83. The lowest BCUT2D eigenvalue weighted by atomic mass is 9.76. The van der Waals surface area contributed by atoms with E-state index in [1.807, 2.05) is 0 Å². The molecule has 1 aromatic rings. The first-order valence-corrected chi connectivity index (χ1v) is 5.60. The molecule has 0 fully saturated rings. The van der Waals surface area contributed by atoms with Crippen LogP contribution in [0.3, 0.4) is 0 Å². The minimum Gasteiger partial charge on any atom is -0.303 e. The Balaban J connectivity index is 3.14. The summed E-state index contributed by atoms with van der Waals surface area (Å²) in [6, 6.07) is 5.47. The van der Waals surface area contributed by atoms with Crippen molar-refractivity contribution in [3.63, 3.8) is 0 Å². The molecular weight excluding hydrogens is 252 g/mol. The van der Waals surface area contributed by atoms with Crippen molar-refractivity contribution in [1.29, 1.82) is 0 Å². The zero-order valence-electron chi connectivity index (χ0n) is 10.6. The van der Waals surface area contributed by atoms with E-state index in [2.05, 4.69) is 0 Å². The van der Waals surface area contributed by atoms with Crippen molar-refractivity contribution in [3.05, 3.63) is 50.1 Å². The maximum absolute atomic E-state index is 11.1. The van der Waals surface area contributed by atoms with Crippen LogP contribution in [0.2, 0.25) is 0 Å². The SMILES string of the molecule is CC(C)(C=O)[C@@H](C[N+](=O)[O-])c1ccc([N+](=O)[O-])cc1. The van der Waals surface area contributed by atoms with Crippen LogP contribution >= 0.6 is 0 Å². The fourth-order valence-corrected chi connectivity index (χ4v) is 1.83. The zero-order valence-corrected chi connectivity index (χ0v) is 10.6. The monoisotopic (exact) mass is 266 g/mol. The number of carbonyl (C=O) groups excluding carboxylic acids is 1. The number of hydrogen-bond acceptors (Lipinski definition) is 5. The second-order valence-corrected chi connectivity index (χ2v) is 4.86. The van der Waals surface area contributed by atoms with Gasteiger partial charge in [0.05, 0.1) is 10.8 Å². The summed E-state index contributed by atoms with van der Waals surface area (Å²) in [6.07, 6.45) is 0.669. The van der Waals surface area contributed by atoms with Crippen molar-refractivity contribution >= 4 is 12.0 Å². The van der Waals surface area contributed by atoms with Gasteiger partial charge in [0.15, 0.2) is 0 Å². The summed E-state index contributed by atoms with van der Waals surface area (Å²) in [4.78, 5) is 31.3. The summed E-state index contributed by atoms with van der Waals surface area (Å²) in [5, 5.41) is 21.3. The molecule has 0 saturated carbocycles. The lowest BCUT2D eigenvalue weighted by Crippen LogP contribution is -2.29. The molecule has 7 nitrogen and oxygen atoms in total. The van der Waals surface area contributed by atoms with Crippen LogP contribution in [0, 0.1) is 25.6 Å². The highest BCUT2D eigenvalue weighted by atomic mass is 16.6. The first kappa shape index (κ1) is 14.7. The smallest absolute Gasteiger partial charge is 0.269 e. The third-order valence-electron chi connectivity index (χ3n) is 3.04. The third kappa shape index (κ3) is 3.57. The molecule has 0 saturated heterocycles. The van der Waals surface area contributed by atoms with Crippen molar-refractivity contribution in [1.82, 2.24) is 0 Å². The van der Waals surface area contributed by atoms with Crippen molar-refractivity contribution in [2.24, 2.45) is 5.41 Å². The number of hydrogen-bond donors (Lipinski definition) is 0. The van der Waals surface area contributed by atoms with Crippen molar-refractivity contribution in [2.45, 2.75) is 19.8 Å². The second-order valence-electron chi connectivity index (χ2n) is 4.86. The molecule has 0 aliphatic carbocycles. The van der Waals surface area contributed by atoms with Gasteiger partial charge in [0, 0.05) is 22.5 Å². The van der Waals surface area contributed by atoms with Gasteiger partial charge in [0.1, 0.15) is 6.29 Å². The summed E-state index contributed by atoms with van der Waals surface area (Å²) in [7, 11) is 0. The molecular formula is C12H14N2O5. The number of benzene rings is 1. The van der Waals surface area contributed by atoms with Gasteiger partial charge in [-0.25, -0.2) is 0 Å². The van der Waals surface area contributed by atoms with Gasteiger partial charge in [-0.2, -0.15) is 0 Å². The highest BCUT2D eigenvalue weighted by Crippen LogP contribution is 2.34. The van der Waals surface area contributed by atoms with Crippen LogP contribution in [0.15, 0.2) is 24.3 Å². The summed E-state index contributed by atoms with van der Waals surface area (Å²) < 4.78 is 0. The highest BCUT2D eigenvalue weighted by molar-refractivity contribution is 5.60. The van der Waals surface area contributed by atoms with Gasteiger partial charge < -0.3 is 4.79 Å². The zero-order chi connectivity index (χ0) is 14.6. The fraction of sp³-hybridized carbons (Fsp3) is 0.417. The molecule has 0 spiro atoms. The lowest BCUT2D eigenvalue weighted by molar-refractivity contribution is -0.485. The summed E-state index contributed by atoms with van der Waals surface area (Å²) in [6.45, 7) is 2.81. The normalized spacial score (nSPS) is 12.7. The molecule has 0 aromatic heterocycles. The predicted octanol–water partition coefficient (Wildman–Crippen LogP) is 2.18. The Kier molecular flexibility index (Phi) is 4.31. The maximum Gasteiger partial charge on any atom is 0.269 e. The topological polar surface area (TPSA) is 103 Å². The number of rotatable bonds is 6. The van der Waals surface area contributed by atoms with E-state index in [1.54, 1.807) is 13.8 Å². The maximum atomic E-state index is 11.1. The Hall–Kier alpha value is -2.31. The molecule has 0 aliphatic rings. The van der Waals surface area contributed by atoms with Crippen molar-refractivity contribution in [2.75, 3.05) is 6.54 Å². The van der Waals surface area contributed by atoms with Crippen molar-refractivity contribution in [3.8, 4) is 0 Å². The van der Waals surface area contributed by atoms with Crippen LogP contribution in [-0.2, 0) is 4.79 Å². The van der Waals surface area contributed by atoms with Crippen LogP contribution in [0.25, 0.3) is 0 Å². The van der Waals surface area contributed by atoms with E-state index in [0.717, 1.165) is 0 Å². The van der Waals surface area contributed by atoms with Crippen LogP contribution in [0.5, 0.6) is 0 Å². The van der Waals surface area contributed by atoms with Gasteiger partial charge in [-0.1, -0.05) is 26.0 Å². The van der Waals surface area contributed by atoms with Crippen LogP contribution < -0.4 is 0 Å². The molecule has 0 radical (unpaired) electrons. The van der Waals surface area contributed by atoms with Gasteiger partial charge in [0.25, 0.3) is 5.69 Å².